The SMILES string of the molecule is CCC(C)N1CCN(C(=O)c2cccc(Br)c2C)CC1. The highest BCUT2D eigenvalue weighted by atomic mass is 79.9. The molecule has 0 radical (unpaired) electrons. The van der Waals surface area contributed by atoms with E-state index in [0.717, 1.165) is 41.8 Å². The Bertz CT molecular complexity index is 481. The molecule has 110 valence electrons. The molecule has 1 aliphatic rings. The van der Waals surface area contributed by atoms with E-state index in [9.17, 15) is 4.79 Å². The van der Waals surface area contributed by atoms with Gasteiger partial charge in [0.25, 0.3) is 5.91 Å². The molecular formula is C16H23BrN2O. The van der Waals surface area contributed by atoms with E-state index in [-0.39, 0.29) is 5.91 Å². The second-order valence-corrected chi connectivity index (χ2v) is 6.35. The molecule has 1 amide bonds. The van der Waals surface area contributed by atoms with Gasteiger partial charge in [-0.2, -0.15) is 0 Å². The van der Waals surface area contributed by atoms with Gasteiger partial charge in [-0.3, -0.25) is 9.69 Å². The van der Waals surface area contributed by atoms with Gasteiger partial charge in [-0.25, -0.2) is 0 Å². The van der Waals surface area contributed by atoms with Gasteiger partial charge >= 0.3 is 0 Å². The number of benzene rings is 1. The third kappa shape index (κ3) is 3.23. The summed E-state index contributed by atoms with van der Waals surface area (Å²) in [5.41, 5.74) is 1.85. The van der Waals surface area contributed by atoms with Crippen LogP contribution in [-0.2, 0) is 0 Å². The maximum absolute atomic E-state index is 12.6. The Hall–Kier alpha value is -0.870. The van der Waals surface area contributed by atoms with E-state index in [1.165, 1.54) is 6.42 Å². The first kappa shape index (κ1) is 15.5. The minimum absolute atomic E-state index is 0.160. The van der Waals surface area contributed by atoms with E-state index in [4.69, 9.17) is 0 Å². The fraction of sp³-hybridized carbons (Fsp3) is 0.562. The Morgan fingerprint density at radius 1 is 1.30 bits per heavy atom. The molecule has 1 aliphatic heterocycles. The summed E-state index contributed by atoms with van der Waals surface area (Å²) in [5.74, 6) is 0.160. The van der Waals surface area contributed by atoms with Crippen LogP contribution in [0.15, 0.2) is 22.7 Å². The Morgan fingerprint density at radius 2 is 1.95 bits per heavy atom. The van der Waals surface area contributed by atoms with Crippen LogP contribution in [0.2, 0.25) is 0 Å². The molecule has 2 rings (SSSR count). The first-order valence-corrected chi connectivity index (χ1v) is 8.12. The summed E-state index contributed by atoms with van der Waals surface area (Å²) in [6.45, 7) is 10.1. The van der Waals surface area contributed by atoms with E-state index in [0.29, 0.717) is 6.04 Å². The van der Waals surface area contributed by atoms with Crippen molar-refractivity contribution >= 4 is 21.8 Å². The quantitative estimate of drug-likeness (QED) is 0.844. The second kappa shape index (κ2) is 6.72. The third-order valence-electron chi connectivity index (χ3n) is 4.31. The van der Waals surface area contributed by atoms with Crippen LogP contribution in [0.4, 0.5) is 0 Å². The number of piperazine rings is 1. The third-order valence-corrected chi connectivity index (χ3v) is 5.17. The Balaban J connectivity index is 2.03. The van der Waals surface area contributed by atoms with Gasteiger partial charge in [0.1, 0.15) is 0 Å². The molecule has 0 bridgehead atoms. The normalized spacial score (nSPS) is 18.1. The molecular weight excluding hydrogens is 316 g/mol. The zero-order valence-corrected chi connectivity index (χ0v) is 14.1. The fourth-order valence-electron chi connectivity index (χ4n) is 2.63. The van der Waals surface area contributed by atoms with E-state index in [1.807, 2.05) is 30.0 Å². The molecule has 0 aliphatic carbocycles. The van der Waals surface area contributed by atoms with Crippen molar-refractivity contribution in [3.8, 4) is 0 Å². The number of halogens is 1. The lowest BCUT2D eigenvalue weighted by atomic mass is 10.1. The highest BCUT2D eigenvalue weighted by Gasteiger charge is 2.25. The van der Waals surface area contributed by atoms with Gasteiger partial charge in [0, 0.05) is 42.3 Å². The standard InChI is InChI=1S/C16H23BrN2O/c1-4-12(2)18-8-10-19(11-9-18)16(20)14-6-5-7-15(17)13(14)3/h5-7,12H,4,8-11H2,1-3H3. The molecule has 1 unspecified atom stereocenters. The first-order chi connectivity index (χ1) is 9.54. The smallest absolute Gasteiger partial charge is 0.254 e. The van der Waals surface area contributed by atoms with E-state index < -0.39 is 0 Å². The number of amides is 1. The molecule has 20 heavy (non-hydrogen) atoms. The summed E-state index contributed by atoms with van der Waals surface area (Å²) in [4.78, 5) is 17.1. The maximum Gasteiger partial charge on any atom is 0.254 e. The summed E-state index contributed by atoms with van der Waals surface area (Å²) >= 11 is 3.50. The van der Waals surface area contributed by atoms with Gasteiger partial charge in [-0.1, -0.05) is 28.9 Å². The molecule has 3 nitrogen and oxygen atoms in total. The molecule has 0 spiro atoms. The van der Waals surface area contributed by atoms with Crippen molar-refractivity contribution in [2.24, 2.45) is 0 Å². The average molecular weight is 339 g/mol. The molecule has 1 heterocycles. The summed E-state index contributed by atoms with van der Waals surface area (Å²) < 4.78 is 1.00. The first-order valence-electron chi connectivity index (χ1n) is 7.33. The summed E-state index contributed by atoms with van der Waals surface area (Å²) in [6, 6.07) is 6.44. The molecule has 0 N–H and O–H groups in total. The molecule has 0 aromatic heterocycles. The minimum atomic E-state index is 0.160. The summed E-state index contributed by atoms with van der Waals surface area (Å²) in [5, 5.41) is 0. The topological polar surface area (TPSA) is 23.6 Å². The van der Waals surface area contributed by atoms with Crippen molar-refractivity contribution in [1.82, 2.24) is 9.80 Å². The molecule has 1 aromatic rings. The molecule has 4 heteroatoms. The monoisotopic (exact) mass is 338 g/mol. The van der Waals surface area contributed by atoms with Crippen molar-refractivity contribution < 1.29 is 4.79 Å². The van der Waals surface area contributed by atoms with Gasteiger partial charge in [0.05, 0.1) is 0 Å². The van der Waals surface area contributed by atoms with Crippen LogP contribution < -0.4 is 0 Å². The average Bonchev–Trinajstić information content (AvgIpc) is 2.48. The van der Waals surface area contributed by atoms with Gasteiger partial charge in [-0.05, 0) is 38.0 Å². The van der Waals surface area contributed by atoms with Crippen molar-refractivity contribution in [1.29, 1.82) is 0 Å². The molecule has 1 aromatic carbocycles. The van der Waals surface area contributed by atoms with E-state index in [1.54, 1.807) is 0 Å². The lowest BCUT2D eigenvalue weighted by molar-refractivity contribution is 0.0579. The lowest BCUT2D eigenvalue weighted by Gasteiger charge is -2.38. The zero-order chi connectivity index (χ0) is 14.7. The van der Waals surface area contributed by atoms with Crippen molar-refractivity contribution in [2.45, 2.75) is 33.2 Å². The van der Waals surface area contributed by atoms with Gasteiger partial charge < -0.3 is 4.90 Å². The van der Waals surface area contributed by atoms with Crippen LogP contribution in [0.1, 0.15) is 36.2 Å². The molecule has 1 fully saturated rings. The number of hydrogen-bond acceptors (Lipinski definition) is 2. The molecule has 0 saturated carbocycles. The van der Waals surface area contributed by atoms with Crippen LogP contribution >= 0.6 is 15.9 Å². The zero-order valence-electron chi connectivity index (χ0n) is 12.5. The summed E-state index contributed by atoms with van der Waals surface area (Å²) in [6.07, 6.45) is 1.17. The van der Waals surface area contributed by atoms with Crippen LogP contribution in [0, 0.1) is 6.92 Å². The Morgan fingerprint density at radius 3 is 2.55 bits per heavy atom. The van der Waals surface area contributed by atoms with E-state index in [2.05, 4.69) is 34.7 Å². The predicted molar refractivity (Wildman–Crippen MR) is 86.1 cm³/mol. The second-order valence-electron chi connectivity index (χ2n) is 5.50. The van der Waals surface area contributed by atoms with Crippen molar-refractivity contribution in [3.05, 3.63) is 33.8 Å². The van der Waals surface area contributed by atoms with Crippen LogP contribution in [0.5, 0.6) is 0 Å². The van der Waals surface area contributed by atoms with Crippen molar-refractivity contribution in [2.75, 3.05) is 26.2 Å². The summed E-state index contributed by atoms with van der Waals surface area (Å²) in [7, 11) is 0. The minimum Gasteiger partial charge on any atom is -0.336 e. The number of rotatable bonds is 3. The number of carbonyl (C=O) groups is 1. The number of carbonyl (C=O) groups excluding carboxylic acids is 1. The van der Waals surface area contributed by atoms with Gasteiger partial charge in [-0.15, -0.1) is 0 Å². The number of hydrogen-bond donors (Lipinski definition) is 0. The lowest BCUT2D eigenvalue weighted by Crippen LogP contribution is -2.51. The fourth-order valence-corrected chi connectivity index (χ4v) is 3.00. The van der Waals surface area contributed by atoms with Crippen LogP contribution in [-0.4, -0.2) is 47.9 Å². The highest BCUT2D eigenvalue weighted by molar-refractivity contribution is 9.10. The van der Waals surface area contributed by atoms with E-state index >= 15 is 0 Å². The molecule has 1 saturated heterocycles. The van der Waals surface area contributed by atoms with Crippen molar-refractivity contribution in [3.63, 3.8) is 0 Å². The highest BCUT2D eigenvalue weighted by Crippen LogP contribution is 2.21. The van der Waals surface area contributed by atoms with Gasteiger partial charge in [0.15, 0.2) is 0 Å². The molecule has 1 atom stereocenters. The largest absolute Gasteiger partial charge is 0.336 e. The van der Waals surface area contributed by atoms with Crippen LogP contribution in [0.25, 0.3) is 0 Å². The Labute approximate surface area is 130 Å². The van der Waals surface area contributed by atoms with Crippen LogP contribution in [0.3, 0.4) is 0 Å². The number of nitrogens with zero attached hydrogens (tertiary/aromatic N) is 2. The Kier molecular flexibility index (Phi) is 5.22. The van der Waals surface area contributed by atoms with Gasteiger partial charge in [0.2, 0.25) is 0 Å². The maximum atomic E-state index is 12.6. The predicted octanol–water partition coefficient (Wildman–Crippen LogP) is 3.31.